The third kappa shape index (κ3) is 6.26. The molecule has 2 aromatic carbocycles. The summed E-state index contributed by atoms with van der Waals surface area (Å²) in [6.07, 6.45) is 0.651. The quantitative estimate of drug-likeness (QED) is 0.663. The molecule has 144 valence electrons. The first-order valence-electron chi connectivity index (χ1n) is 8.55. The lowest BCUT2D eigenvalue weighted by atomic mass is 10.1. The number of nitrogens with one attached hydrogen (secondary N) is 1. The Morgan fingerprint density at radius 2 is 1.93 bits per heavy atom. The smallest absolute Gasteiger partial charge is 0.261 e. The molecule has 2 rings (SSSR count). The molecule has 0 saturated heterocycles. The number of ether oxygens (including phenoxy) is 1. The van der Waals surface area contributed by atoms with Gasteiger partial charge in [-0.2, -0.15) is 0 Å². The van der Waals surface area contributed by atoms with Crippen LogP contribution in [0.1, 0.15) is 12.5 Å². The molecule has 27 heavy (non-hydrogen) atoms. The van der Waals surface area contributed by atoms with Gasteiger partial charge in [0.25, 0.3) is 5.91 Å². The summed E-state index contributed by atoms with van der Waals surface area (Å²) in [5.74, 6) is 0.0383. The SMILES string of the molecule is CNC(=O)[C@@H](C)N(CCc1ccccc1)C(=O)COc1ccc(Cl)cc1Br. The molecule has 0 heterocycles. The second-order valence-electron chi connectivity index (χ2n) is 5.98. The van der Waals surface area contributed by atoms with Crippen molar-refractivity contribution in [2.24, 2.45) is 0 Å². The van der Waals surface area contributed by atoms with Gasteiger partial charge in [-0.05, 0) is 53.0 Å². The number of carbonyl (C=O) groups is 2. The fourth-order valence-corrected chi connectivity index (χ4v) is 3.39. The lowest BCUT2D eigenvalue weighted by Crippen LogP contribution is -2.49. The van der Waals surface area contributed by atoms with Crippen LogP contribution < -0.4 is 10.1 Å². The maximum atomic E-state index is 12.8. The summed E-state index contributed by atoms with van der Waals surface area (Å²) in [6, 6.07) is 14.3. The van der Waals surface area contributed by atoms with Crippen molar-refractivity contribution in [1.82, 2.24) is 10.2 Å². The number of carbonyl (C=O) groups excluding carboxylic acids is 2. The molecule has 2 amide bonds. The normalized spacial score (nSPS) is 11.6. The molecule has 0 radical (unpaired) electrons. The molecule has 0 fully saturated rings. The third-order valence-corrected chi connectivity index (χ3v) is 5.00. The Morgan fingerprint density at radius 1 is 1.22 bits per heavy atom. The second-order valence-corrected chi connectivity index (χ2v) is 7.27. The van der Waals surface area contributed by atoms with Crippen LogP contribution in [0.5, 0.6) is 5.75 Å². The molecule has 0 spiro atoms. The van der Waals surface area contributed by atoms with Crippen molar-refractivity contribution in [2.75, 3.05) is 20.2 Å². The predicted octanol–water partition coefficient (Wildman–Crippen LogP) is 3.69. The molecular weight excluding hydrogens is 432 g/mol. The highest BCUT2D eigenvalue weighted by molar-refractivity contribution is 9.10. The van der Waals surface area contributed by atoms with E-state index in [-0.39, 0.29) is 18.4 Å². The molecule has 1 atom stereocenters. The zero-order valence-electron chi connectivity index (χ0n) is 15.2. The summed E-state index contributed by atoms with van der Waals surface area (Å²) in [5.41, 5.74) is 1.10. The second kappa shape index (κ2) is 10.3. The van der Waals surface area contributed by atoms with E-state index < -0.39 is 6.04 Å². The van der Waals surface area contributed by atoms with Crippen molar-refractivity contribution in [1.29, 1.82) is 0 Å². The zero-order chi connectivity index (χ0) is 19.8. The Morgan fingerprint density at radius 3 is 2.56 bits per heavy atom. The van der Waals surface area contributed by atoms with Gasteiger partial charge in [0.2, 0.25) is 5.91 Å². The number of hydrogen-bond donors (Lipinski definition) is 1. The number of likely N-dealkylation sites (N-methyl/N-ethyl adjacent to an activating group) is 1. The molecule has 0 unspecified atom stereocenters. The van der Waals surface area contributed by atoms with Gasteiger partial charge in [-0.15, -0.1) is 0 Å². The van der Waals surface area contributed by atoms with Crippen LogP contribution in [0.3, 0.4) is 0 Å². The molecule has 0 aromatic heterocycles. The van der Waals surface area contributed by atoms with E-state index in [1.807, 2.05) is 30.3 Å². The van der Waals surface area contributed by atoms with Crippen molar-refractivity contribution in [3.05, 3.63) is 63.6 Å². The van der Waals surface area contributed by atoms with Gasteiger partial charge >= 0.3 is 0 Å². The minimum Gasteiger partial charge on any atom is -0.483 e. The van der Waals surface area contributed by atoms with Crippen LogP contribution in [0.25, 0.3) is 0 Å². The first-order chi connectivity index (χ1) is 12.9. The summed E-state index contributed by atoms with van der Waals surface area (Å²) < 4.78 is 6.29. The lowest BCUT2D eigenvalue weighted by Gasteiger charge is -2.28. The van der Waals surface area contributed by atoms with Crippen LogP contribution >= 0.6 is 27.5 Å². The highest BCUT2D eigenvalue weighted by Gasteiger charge is 2.25. The Labute approximate surface area is 172 Å². The minimum atomic E-state index is -0.594. The highest BCUT2D eigenvalue weighted by Crippen LogP contribution is 2.28. The first kappa shape index (κ1) is 21.3. The van der Waals surface area contributed by atoms with Crippen LogP contribution in [0.4, 0.5) is 0 Å². The molecule has 0 bridgehead atoms. The van der Waals surface area contributed by atoms with E-state index in [0.717, 1.165) is 5.56 Å². The molecule has 2 aromatic rings. The van der Waals surface area contributed by atoms with Crippen LogP contribution in [0, 0.1) is 0 Å². The molecule has 0 aliphatic heterocycles. The van der Waals surface area contributed by atoms with E-state index in [1.54, 1.807) is 32.2 Å². The molecule has 0 aliphatic rings. The first-order valence-corrected chi connectivity index (χ1v) is 9.72. The van der Waals surface area contributed by atoms with E-state index in [9.17, 15) is 9.59 Å². The molecular formula is C20H22BrClN2O3. The van der Waals surface area contributed by atoms with Crippen molar-refractivity contribution in [3.8, 4) is 5.75 Å². The van der Waals surface area contributed by atoms with Gasteiger partial charge in [-0.25, -0.2) is 0 Å². The highest BCUT2D eigenvalue weighted by atomic mass is 79.9. The molecule has 0 saturated carbocycles. The van der Waals surface area contributed by atoms with Gasteiger partial charge in [0.1, 0.15) is 11.8 Å². The summed E-state index contributed by atoms with van der Waals surface area (Å²) in [6.45, 7) is 1.96. The Kier molecular flexibility index (Phi) is 8.13. The summed E-state index contributed by atoms with van der Waals surface area (Å²) in [7, 11) is 1.56. The van der Waals surface area contributed by atoms with Crippen molar-refractivity contribution in [2.45, 2.75) is 19.4 Å². The van der Waals surface area contributed by atoms with Gasteiger partial charge in [-0.1, -0.05) is 41.9 Å². The van der Waals surface area contributed by atoms with E-state index in [1.165, 1.54) is 4.90 Å². The van der Waals surface area contributed by atoms with Crippen molar-refractivity contribution < 1.29 is 14.3 Å². The van der Waals surface area contributed by atoms with Crippen LogP contribution in [-0.2, 0) is 16.0 Å². The number of halogens is 2. The number of rotatable bonds is 8. The molecule has 7 heteroatoms. The fraction of sp³-hybridized carbons (Fsp3) is 0.300. The van der Waals surface area contributed by atoms with E-state index in [2.05, 4.69) is 21.2 Å². The number of nitrogens with zero attached hydrogens (tertiary/aromatic N) is 1. The lowest BCUT2D eigenvalue weighted by molar-refractivity contribution is -0.141. The average molecular weight is 454 g/mol. The van der Waals surface area contributed by atoms with E-state index in [4.69, 9.17) is 16.3 Å². The monoisotopic (exact) mass is 452 g/mol. The molecule has 5 nitrogen and oxygen atoms in total. The standard InChI is InChI=1S/C20H22BrClN2O3/c1-14(20(26)23-2)24(11-10-15-6-4-3-5-7-15)19(25)13-27-18-9-8-16(22)12-17(18)21/h3-9,12,14H,10-11,13H2,1-2H3,(H,23,26)/t14-/m1/s1. The fourth-order valence-electron chi connectivity index (χ4n) is 2.59. The molecule has 1 N–H and O–H groups in total. The Bertz CT molecular complexity index is 786. The van der Waals surface area contributed by atoms with E-state index >= 15 is 0 Å². The van der Waals surface area contributed by atoms with Gasteiger partial charge in [0.05, 0.1) is 4.47 Å². The van der Waals surface area contributed by atoms with E-state index in [0.29, 0.717) is 28.2 Å². The summed E-state index contributed by atoms with van der Waals surface area (Å²) >= 11 is 9.28. The van der Waals surface area contributed by atoms with Crippen molar-refractivity contribution >= 4 is 39.3 Å². The van der Waals surface area contributed by atoms with Crippen LogP contribution in [-0.4, -0.2) is 43.0 Å². The van der Waals surface area contributed by atoms with Crippen molar-refractivity contribution in [3.63, 3.8) is 0 Å². The number of amides is 2. The summed E-state index contributed by atoms with van der Waals surface area (Å²) in [5, 5.41) is 3.16. The summed E-state index contributed by atoms with van der Waals surface area (Å²) in [4.78, 5) is 26.4. The third-order valence-electron chi connectivity index (χ3n) is 4.14. The predicted molar refractivity (Wildman–Crippen MR) is 110 cm³/mol. The van der Waals surface area contributed by atoms with Crippen LogP contribution in [0.2, 0.25) is 5.02 Å². The number of hydrogen-bond acceptors (Lipinski definition) is 3. The van der Waals surface area contributed by atoms with Gasteiger partial charge in [0, 0.05) is 18.6 Å². The minimum absolute atomic E-state index is 0.170. The maximum Gasteiger partial charge on any atom is 0.261 e. The topological polar surface area (TPSA) is 58.6 Å². The maximum absolute atomic E-state index is 12.8. The van der Waals surface area contributed by atoms with Gasteiger partial charge in [-0.3, -0.25) is 9.59 Å². The zero-order valence-corrected chi connectivity index (χ0v) is 17.6. The Balaban J connectivity index is 2.06. The number of benzene rings is 2. The van der Waals surface area contributed by atoms with Gasteiger partial charge in [0.15, 0.2) is 6.61 Å². The Hall–Kier alpha value is -2.05. The van der Waals surface area contributed by atoms with Crippen LogP contribution in [0.15, 0.2) is 53.0 Å². The molecule has 0 aliphatic carbocycles. The average Bonchev–Trinajstić information content (AvgIpc) is 2.67. The largest absolute Gasteiger partial charge is 0.483 e. The van der Waals surface area contributed by atoms with Gasteiger partial charge < -0.3 is 15.0 Å².